The average molecular weight is 273 g/mol. The van der Waals surface area contributed by atoms with E-state index >= 15 is 0 Å². The topological polar surface area (TPSA) is 89.3 Å². The Kier molecular flexibility index (Phi) is 4.02. The molecule has 2 rings (SSSR count). The molecule has 0 unspecified atom stereocenters. The molecule has 6 nitrogen and oxygen atoms in total. The van der Waals surface area contributed by atoms with Crippen molar-refractivity contribution in [3.8, 4) is 0 Å². The highest BCUT2D eigenvalue weighted by molar-refractivity contribution is 5.95. The Hall–Kier alpha value is -2.37. The van der Waals surface area contributed by atoms with Gasteiger partial charge in [-0.1, -0.05) is 12.1 Å². The first-order chi connectivity index (χ1) is 9.56. The van der Waals surface area contributed by atoms with Gasteiger partial charge in [0, 0.05) is 11.9 Å². The van der Waals surface area contributed by atoms with Crippen molar-refractivity contribution in [2.75, 3.05) is 0 Å². The van der Waals surface area contributed by atoms with Gasteiger partial charge in [0.05, 0.1) is 12.2 Å². The van der Waals surface area contributed by atoms with E-state index < -0.39 is 0 Å². The van der Waals surface area contributed by atoms with E-state index in [1.807, 2.05) is 17.7 Å². The van der Waals surface area contributed by atoms with Crippen molar-refractivity contribution in [3.05, 3.63) is 46.5 Å². The number of amidine groups is 1. The van der Waals surface area contributed by atoms with E-state index in [0.717, 1.165) is 17.7 Å². The van der Waals surface area contributed by atoms with E-state index in [1.165, 1.54) is 11.3 Å². The number of oxime groups is 1. The number of nitrogens with two attached hydrogens (primary N) is 1. The fraction of sp³-hybridized carbons (Fsp3) is 0.357. The van der Waals surface area contributed by atoms with Crippen molar-refractivity contribution >= 4 is 5.84 Å². The number of hydrogen-bond acceptors (Lipinski definition) is 4. The van der Waals surface area contributed by atoms with Gasteiger partial charge in [0.1, 0.15) is 5.69 Å². The Morgan fingerprint density at radius 1 is 1.45 bits per heavy atom. The molecular formula is C14H19N5O. The molecule has 0 saturated carbocycles. The summed E-state index contributed by atoms with van der Waals surface area (Å²) in [5.74, 6) is 0.00876. The summed E-state index contributed by atoms with van der Waals surface area (Å²) < 4.78 is 1.97. The monoisotopic (exact) mass is 273 g/mol. The molecule has 106 valence electrons. The molecule has 0 aliphatic heterocycles. The van der Waals surface area contributed by atoms with Gasteiger partial charge in [-0.25, -0.2) is 0 Å². The van der Waals surface area contributed by atoms with E-state index in [2.05, 4.69) is 29.1 Å². The van der Waals surface area contributed by atoms with Crippen LogP contribution in [0.2, 0.25) is 0 Å². The minimum Gasteiger partial charge on any atom is -0.409 e. The fourth-order valence-electron chi connectivity index (χ4n) is 2.34. The number of rotatable bonds is 4. The van der Waals surface area contributed by atoms with Crippen molar-refractivity contribution in [2.45, 2.75) is 33.7 Å². The summed E-state index contributed by atoms with van der Waals surface area (Å²) in [6.07, 6.45) is 2.62. The quantitative estimate of drug-likeness (QED) is 0.383. The minimum atomic E-state index is 0.00876. The normalized spacial score (nSPS) is 11.8. The van der Waals surface area contributed by atoms with Gasteiger partial charge in [-0.2, -0.15) is 5.10 Å². The summed E-state index contributed by atoms with van der Waals surface area (Å²) >= 11 is 0. The molecule has 0 saturated heterocycles. The van der Waals surface area contributed by atoms with Crippen LogP contribution in [0.4, 0.5) is 0 Å². The van der Waals surface area contributed by atoms with E-state index in [0.29, 0.717) is 12.2 Å². The van der Waals surface area contributed by atoms with Gasteiger partial charge in [-0.15, -0.1) is 0 Å². The second-order valence-corrected chi connectivity index (χ2v) is 4.70. The fourth-order valence-corrected chi connectivity index (χ4v) is 2.34. The van der Waals surface area contributed by atoms with E-state index in [-0.39, 0.29) is 5.84 Å². The molecule has 0 bridgehead atoms. The maximum Gasteiger partial charge on any atom is 0.188 e. The van der Waals surface area contributed by atoms with Gasteiger partial charge in [-0.05, 0) is 43.5 Å². The third-order valence-corrected chi connectivity index (χ3v) is 3.41. The number of nitrogens with zero attached hydrogens (tertiary/aromatic N) is 4. The van der Waals surface area contributed by atoms with Gasteiger partial charge >= 0.3 is 0 Å². The molecule has 3 N–H and O–H groups in total. The van der Waals surface area contributed by atoms with Crippen LogP contribution in [0.15, 0.2) is 23.5 Å². The minimum absolute atomic E-state index is 0.00876. The van der Waals surface area contributed by atoms with E-state index in [9.17, 15) is 0 Å². The molecule has 0 aromatic carbocycles. The second kappa shape index (κ2) is 5.73. The zero-order chi connectivity index (χ0) is 14.7. The van der Waals surface area contributed by atoms with Crippen LogP contribution < -0.4 is 5.73 Å². The Balaban J connectivity index is 2.31. The zero-order valence-corrected chi connectivity index (χ0v) is 12.0. The third kappa shape index (κ3) is 2.64. The molecular weight excluding hydrogens is 254 g/mol. The van der Waals surface area contributed by atoms with Crippen LogP contribution in [-0.4, -0.2) is 25.8 Å². The summed E-state index contributed by atoms with van der Waals surface area (Å²) in [6, 6.07) is 3.70. The van der Waals surface area contributed by atoms with Crippen LogP contribution in [-0.2, 0) is 13.0 Å². The molecule has 0 radical (unpaired) electrons. The average Bonchev–Trinajstić information content (AvgIpc) is 2.72. The molecule has 0 spiro atoms. The second-order valence-electron chi connectivity index (χ2n) is 4.70. The first-order valence-electron chi connectivity index (χ1n) is 6.52. The Morgan fingerprint density at radius 2 is 2.20 bits per heavy atom. The lowest BCUT2D eigenvalue weighted by Crippen LogP contribution is -2.15. The molecule has 2 aromatic heterocycles. The van der Waals surface area contributed by atoms with Crippen LogP contribution in [0.25, 0.3) is 0 Å². The SMILES string of the molecule is CCc1c(C)nn(Cc2ccnc(C(N)=NO)c2)c1C. The van der Waals surface area contributed by atoms with E-state index in [4.69, 9.17) is 10.9 Å². The predicted molar refractivity (Wildman–Crippen MR) is 76.9 cm³/mol. The highest BCUT2D eigenvalue weighted by Crippen LogP contribution is 2.15. The maximum absolute atomic E-state index is 8.69. The first-order valence-corrected chi connectivity index (χ1v) is 6.52. The first kappa shape index (κ1) is 14.0. The van der Waals surface area contributed by atoms with E-state index in [1.54, 1.807) is 12.3 Å². The van der Waals surface area contributed by atoms with Crippen molar-refractivity contribution in [2.24, 2.45) is 10.9 Å². The standard InChI is InChI=1S/C14H19N5O/c1-4-12-9(2)17-19(10(12)3)8-11-5-6-16-13(7-11)14(15)18-20/h5-7,20H,4,8H2,1-3H3,(H2,15,18). The number of aromatic nitrogens is 3. The number of hydrogen-bond donors (Lipinski definition) is 2. The summed E-state index contributed by atoms with van der Waals surface area (Å²) in [5, 5.41) is 16.2. The molecule has 0 aliphatic carbocycles. The molecule has 0 fully saturated rings. The van der Waals surface area contributed by atoms with Crippen LogP contribution in [0.5, 0.6) is 0 Å². The van der Waals surface area contributed by atoms with Crippen molar-refractivity contribution in [1.29, 1.82) is 0 Å². The highest BCUT2D eigenvalue weighted by Gasteiger charge is 2.10. The number of pyridine rings is 1. The highest BCUT2D eigenvalue weighted by atomic mass is 16.4. The molecule has 6 heteroatoms. The van der Waals surface area contributed by atoms with Crippen molar-refractivity contribution in [1.82, 2.24) is 14.8 Å². The van der Waals surface area contributed by atoms with Crippen LogP contribution in [0, 0.1) is 13.8 Å². The Morgan fingerprint density at radius 3 is 2.80 bits per heavy atom. The van der Waals surface area contributed by atoms with Gasteiger partial charge in [0.15, 0.2) is 5.84 Å². The van der Waals surface area contributed by atoms with Crippen LogP contribution in [0.1, 0.15) is 35.1 Å². The number of aryl methyl sites for hydroxylation is 1. The van der Waals surface area contributed by atoms with Gasteiger partial charge < -0.3 is 10.9 Å². The lowest BCUT2D eigenvalue weighted by molar-refractivity contribution is 0.318. The van der Waals surface area contributed by atoms with Crippen LogP contribution >= 0.6 is 0 Å². The third-order valence-electron chi connectivity index (χ3n) is 3.41. The van der Waals surface area contributed by atoms with Gasteiger partial charge in [0.25, 0.3) is 0 Å². The molecule has 0 amide bonds. The summed E-state index contributed by atoms with van der Waals surface area (Å²) in [7, 11) is 0. The Bertz CT molecular complexity index is 645. The molecule has 2 aromatic rings. The van der Waals surface area contributed by atoms with Crippen molar-refractivity contribution < 1.29 is 5.21 Å². The summed E-state index contributed by atoms with van der Waals surface area (Å²) in [4.78, 5) is 4.07. The zero-order valence-electron chi connectivity index (χ0n) is 12.0. The molecule has 20 heavy (non-hydrogen) atoms. The summed E-state index contributed by atoms with van der Waals surface area (Å²) in [6.45, 7) is 6.87. The van der Waals surface area contributed by atoms with Gasteiger partial charge in [-0.3, -0.25) is 9.67 Å². The lowest BCUT2D eigenvalue weighted by atomic mass is 10.1. The maximum atomic E-state index is 8.69. The van der Waals surface area contributed by atoms with Crippen LogP contribution in [0.3, 0.4) is 0 Å². The smallest absolute Gasteiger partial charge is 0.188 e. The molecule has 2 heterocycles. The van der Waals surface area contributed by atoms with Gasteiger partial charge in [0.2, 0.25) is 0 Å². The molecule has 0 atom stereocenters. The Labute approximate surface area is 117 Å². The lowest BCUT2D eigenvalue weighted by Gasteiger charge is -2.06. The largest absolute Gasteiger partial charge is 0.409 e. The predicted octanol–water partition coefficient (Wildman–Crippen LogP) is 1.60. The summed E-state index contributed by atoms with van der Waals surface area (Å²) in [5.41, 5.74) is 10.5. The molecule has 0 aliphatic rings. The van der Waals surface area contributed by atoms with Crippen molar-refractivity contribution in [3.63, 3.8) is 0 Å².